The van der Waals surface area contributed by atoms with Crippen LogP contribution >= 0.6 is 0 Å². The molecule has 0 spiro atoms. The molecule has 3 aromatic rings. The average Bonchev–Trinajstić information content (AvgIpc) is 2.43. The van der Waals surface area contributed by atoms with Crippen molar-refractivity contribution in [2.75, 3.05) is 0 Å². The van der Waals surface area contributed by atoms with E-state index in [1.165, 1.54) is 50.1 Å². The molecule has 0 saturated carbocycles. The van der Waals surface area contributed by atoms with Gasteiger partial charge in [0.1, 0.15) is 0 Å². The minimum Gasteiger partial charge on any atom is -0.0564 e. The van der Waals surface area contributed by atoms with E-state index in [-0.39, 0.29) is 8.41 Å². The number of aryl methyl sites for hydroxylation is 9. The highest BCUT2D eigenvalue weighted by atomic mass is 13.9. The Kier molecular flexibility index (Phi) is 11.2. The molecule has 0 amide bonds. The van der Waals surface area contributed by atoms with Crippen molar-refractivity contribution in [1.29, 1.82) is 0 Å². The maximum Gasteiger partial charge on any atom is 0.0814 e. The number of hydrogen-bond acceptors (Lipinski definition) is 0. The van der Waals surface area contributed by atoms with Crippen LogP contribution in [0.15, 0.2) is 54.6 Å². The van der Waals surface area contributed by atoms with E-state index in [0.717, 1.165) is 0 Å². The molecule has 0 aliphatic carbocycles. The first-order valence-electron chi connectivity index (χ1n) is 9.70. The molecule has 0 aliphatic heterocycles. The molecule has 0 nitrogen and oxygen atoms in total. The van der Waals surface area contributed by atoms with Crippen LogP contribution in [0.25, 0.3) is 0 Å². The van der Waals surface area contributed by atoms with Gasteiger partial charge in [0, 0.05) is 0 Å². The molecule has 0 saturated heterocycles. The lowest BCUT2D eigenvalue weighted by atomic mass is 10.1. The van der Waals surface area contributed by atoms with Crippen molar-refractivity contribution in [3.05, 3.63) is 105 Å². The van der Waals surface area contributed by atoms with Crippen molar-refractivity contribution < 1.29 is 0 Å². The fourth-order valence-electron chi connectivity index (χ4n) is 3.61. The van der Waals surface area contributed by atoms with Gasteiger partial charge in [-0.05, 0) is 62.3 Å². The molecule has 0 atom stereocenters. The first kappa shape index (κ1) is 25.7. The van der Waals surface area contributed by atoms with Crippen molar-refractivity contribution >= 4 is 8.41 Å². The Balaban J connectivity index is 0.000000384. The monoisotopic (exact) mass is 374 g/mol. The number of benzene rings is 3. The molecule has 0 N–H and O–H groups in total. The van der Waals surface area contributed by atoms with E-state index in [4.69, 9.17) is 0 Å². The lowest BCUT2D eigenvalue weighted by molar-refractivity contribution is 1.32. The topological polar surface area (TPSA) is 0 Å². The second-order valence-corrected chi connectivity index (χ2v) is 8.00. The van der Waals surface area contributed by atoms with Gasteiger partial charge < -0.3 is 0 Å². The van der Waals surface area contributed by atoms with Crippen molar-refractivity contribution in [2.24, 2.45) is 0 Å². The summed E-state index contributed by atoms with van der Waals surface area (Å²) < 4.78 is 0. The van der Waals surface area contributed by atoms with Gasteiger partial charge in [0.25, 0.3) is 0 Å². The predicted octanol–water partition coefficient (Wildman–Crippen LogP) is 6.65. The van der Waals surface area contributed by atoms with Crippen LogP contribution in [0.1, 0.15) is 50.1 Å². The van der Waals surface area contributed by atoms with Crippen LogP contribution in [0, 0.1) is 62.3 Å². The van der Waals surface area contributed by atoms with E-state index < -0.39 is 0 Å². The van der Waals surface area contributed by atoms with Crippen molar-refractivity contribution in [3.63, 3.8) is 0 Å². The lowest BCUT2D eigenvalue weighted by Gasteiger charge is -1.96. The van der Waals surface area contributed by atoms with E-state index in [9.17, 15) is 0 Å². The van der Waals surface area contributed by atoms with Crippen molar-refractivity contribution in [1.82, 2.24) is 0 Å². The molecule has 0 bridgehead atoms. The zero-order valence-electron chi connectivity index (χ0n) is 18.7. The molecule has 1 heteroatoms. The van der Waals surface area contributed by atoms with Gasteiger partial charge in [-0.3, -0.25) is 0 Å². The largest absolute Gasteiger partial charge is 0.0814 e. The summed E-state index contributed by atoms with van der Waals surface area (Å²) in [4.78, 5) is 0. The SMILES string of the molecule is B.Cc1cc(C)cc(C)c1.Cc1cc(C)cc(C)c1.Cc1cc(C)cc(C)c1. The Morgan fingerprint density at radius 1 is 0.250 bits per heavy atom. The standard InChI is InChI=1S/3C9H12.BH3/c3*1-7-4-8(2)6-9(3)5-7;/h3*4-6H,1-3H3;1H3. The van der Waals surface area contributed by atoms with E-state index in [2.05, 4.69) is 117 Å². The Bertz CT molecular complexity index is 606. The smallest absolute Gasteiger partial charge is 0.0564 e. The third-order valence-corrected chi connectivity index (χ3v) is 4.10. The van der Waals surface area contributed by atoms with Crippen LogP contribution in [0.4, 0.5) is 0 Å². The first-order chi connectivity index (χ1) is 12.5. The average molecular weight is 374 g/mol. The van der Waals surface area contributed by atoms with Crippen LogP contribution < -0.4 is 0 Å². The van der Waals surface area contributed by atoms with Gasteiger partial charge in [-0.1, -0.05) is 105 Å². The van der Waals surface area contributed by atoms with Gasteiger partial charge in [-0.15, -0.1) is 0 Å². The highest BCUT2D eigenvalue weighted by Gasteiger charge is 1.89. The molecule has 0 heterocycles. The Labute approximate surface area is 175 Å². The molecular weight excluding hydrogens is 335 g/mol. The van der Waals surface area contributed by atoms with Crippen LogP contribution in [0.5, 0.6) is 0 Å². The van der Waals surface area contributed by atoms with Crippen LogP contribution in [0.2, 0.25) is 0 Å². The fourth-order valence-corrected chi connectivity index (χ4v) is 3.61. The Hall–Kier alpha value is -2.28. The van der Waals surface area contributed by atoms with E-state index in [1.807, 2.05) is 0 Å². The van der Waals surface area contributed by atoms with E-state index >= 15 is 0 Å². The Morgan fingerprint density at radius 2 is 0.321 bits per heavy atom. The van der Waals surface area contributed by atoms with Crippen LogP contribution in [0.3, 0.4) is 0 Å². The molecular formula is C27H39B. The van der Waals surface area contributed by atoms with Crippen molar-refractivity contribution in [2.45, 2.75) is 62.3 Å². The summed E-state index contributed by atoms with van der Waals surface area (Å²) in [6.45, 7) is 19.1. The van der Waals surface area contributed by atoms with Gasteiger partial charge >= 0.3 is 0 Å². The summed E-state index contributed by atoms with van der Waals surface area (Å²) in [5.41, 5.74) is 12.2. The summed E-state index contributed by atoms with van der Waals surface area (Å²) in [5.74, 6) is 0. The summed E-state index contributed by atoms with van der Waals surface area (Å²) in [7, 11) is 0. The van der Waals surface area contributed by atoms with Crippen LogP contribution in [-0.2, 0) is 0 Å². The maximum atomic E-state index is 2.19. The molecule has 0 radical (unpaired) electrons. The molecule has 0 aromatic heterocycles. The quantitative estimate of drug-likeness (QED) is 0.386. The normalized spacial score (nSPS) is 9.32. The van der Waals surface area contributed by atoms with E-state index in [0.29, 0.717) is 0 Å². The van der Waals surface area contributed by atoms with Gasteiger partial charge in [0.2, 0.25) is 0 Å². The minimum atomic E-state index is 0. The minimum absolute atomic E-state index is 0. The number of rotatable bonds is 0. The molecule has 0 unspecified atom stereocenters. The molecule has 3 rings (SSSR count). The summed E-state index contributed by atoms with van der Waals surface area (Å²) in [5, 5.41) is 0. The molecule has 28 heavy (non-hydrogen) atoms. The molecule has 3 aromatic carbocycles. The van der Waals surface area contributed by atoms with Gasteiger partial charge in [0.05, 0.1) is 8.41 Å². The van der Waals surface area contributed by atoms with Gasteiger partial charge in [-0.2, -0.15) is 0 Å². The summed E-state index contributed by atoms with van der Waals surface area (Å²) in [6.07, 6.45) is 0. The third-order valence-electron chi connectivity index (χ3n) is 4.10. The highest BCUT2D eigenvalue weighted by molar-refractivity contribution is 5.75. The fraction of sp³-hybridized carbons (Fsp3) is 0.333. The highest BCUT2D eigenvalue weighted by Crippen LogP contribution is 2.07. The van der Waals surface area contributed by atoms with E-state index in [1.54, 1.807) is 0 Å². The second kappa shape index (κ2) is 12.2. The second-order valence-electron chi connectivity index (χ2n) is 8.00. The number of hydrogen-bond donors (Lipinski definition) is 0. The Morgan fingerprint density at radius 3 is 0.393 bits per heavy atom. The van der Waals surface area contributed by atoms with Gasteiger partial charge in [-0.25, -0.2) is 0 Å². The zero-order chi connectivity index (χ0) is 20.6. The zero-order valence-corrected chi connectivity index (χ0v) is 18.7. The van der Waals surface area contributed by atoms with Crippen molar-refractivity contribution in [3.8, 4) is 0 Å². The third kappa shape index (κ3) is 10.8. The maximum absolute atomic E-state index is 2.19. The summed E-state index contributed by atoms with van der Waals surface area (Å²) in [6, 6.07) is 19.7. The van der Waals surface area contributed by atoms with Gasteiger partial charge in [0.15, 0.2) is 0 Å². The molecule has 150 valence electrons. The van der Waals surface area contributed by atoms with Crippen LogP contribution in [-0.4, -0.2) is 8.41 Å². The lowest BCUT2D eigenvalue weighted by Crippen LogP contribution is -1.78. The first-order valence-corrected chi connectivity index (χ1v) is 9.70. The summed E-state index contributed by atoms with van der Waals surface area (Å²) >= 11 is 0. The molecule has 0 aliphatic rings. The molecule has 0 fully saturated rings. The predicted molar refractivity (Wildman–Crippen MR) is 132 cm³/mol.